The minimum Gasteiger partial charge on any atom is -0.756 e. The van der Waals surface area contributed by atoms with Crippen molar-refractivity contribution in [1.29, 1.82) is 0 Å². The Morgan fingerprint density at radius 1 is 0.969 bits per heavy atom. The first kappa shape index (κ1) is 28.5. The summed E-state index contributed by atoms with van der Waals surface area (Å²) in [5, 5.41) is 0. The summed E-state index contributed by atoms with van der Waals surface area (Å²) in [4.78, 5) is 28.5. The largest absolute Gasteiger partial charge is 0.756 e. The summed E-state index contributed by atoms with van der Waals surface area (Å²) < 4.78 is 36.2. The van der Waals surface area contributed by atoms with Gasteiger partial charge in [0.2, 0.25) is 0 Å². The molecule has 0 aliphatic heterocycles. The van der Waals surface area contributed by atoms with Crippen molar-refractivity contribution in [2.45, 2.75) is 60.0 Å². The Balaban J connectivity index is 2.54. The maximum Gasteiger partial charge on any atom is 0.479 e. The quantitative estimate of drug-likeness (QED) is 0.198. The third-order valence-corrected chi connectivity index (χ3v) is 6.46. The van der Waals surface area contributed by atoms with Gasteiger partial charge in [0.05, 0.1) is 6.61 Å². The van der Waals surface area contributed by atoms with Gasteiger partial charge in [0.25, 0.3) is 7.82 Å². The molecule has 0 aliphatic carbocycles. The van der Waals surface area contributed by atoms with Gasteiger partial charge < -0.3 is 19.4 Å². The summed E-state index contributed by atoms with van der Waals surface area (Å²) in [6.45, 7) is 8.22. The zero-order valence-electron chi connectivity index (χ0n) is 19.0. The monoisotopic (exact) mass is 487 g/mol. The predicted octanol–water partition coefficient (Wildman–Crippen LogP) is 5.58. The highest BCUT2D eigenvalue weighted by Crippen LogP contribution is 2.56. The first-order valence-electron chi connectivity index (χ1n) is 10.3. The van der Waals surface area contributed by atoms with Crippen LogP contribution >= 0.6 is 15.6 Å². The Bertz CT molecular complexity index is 910. The van der Waals surface area contributed by atoms with Gasteiger partial charge in [0, 0.05) is 5.56 Å². The lowest BCUT2D eigenvalue weighted by atomic mass is 10.1. The maximum absolute atomic E-state index is 11.6. The molecule has 1 rings (SSSR count). The van der Waals surface area contributed by atoms with Gasteiger partial charge in [-0.3, -0.25) is 9.09 Å². The number of allylic oxidation sites excluding steroid dienone is 5. The van der Waals surface area contributed by atoms with Gasteiger partial charge >= 0.3 is 7.82 Å². The zero-order valence-corrected chi connectivity index (χ0v) is 20.8. The lowest BCUT2D eigenvalue weighted by Crippen LogP contribution is -2.04. The second-order valence-electron chi connectivity index (χ2n) is 7.67. The second-order valence-corrected chi connectivity index (χ2v) is 10.5. The Morgan fingerprint density at radius 2 is 1.56 bits per heavy atom. The molecule has 0 heterocycles. The molecule has 2 atom stereocenters. The fraction of sp³-hybridized carbons (Fsp3) is 0.455. The van der Waals surface area contributed by atoms with Crippen LogP contribution < -0.4 is 9.63 Å². The molecular weight excluding hydrogens is 454 g/mol. The van der Waals surface area contributed by atoms with Crippen LogP contribution in [-0.4, -0.2) is 16.4 Å². The van der Waals surface area contributed by atoms with E-state index >= 15 is 0 Å². The first-order chi connectivity index (χ1) is 14.9. The molecule has 0 aromatic heterocycles. The molecule has 10 heteroatoms. The molecule has 2 unspecified atom stereocenters. The van der Waals surface area contributed by atoms with Gasteiger partial charge in [-0.2, -0.15) is 0 Å². The molecule has 0 spiro atoms. The van der Waals surface area contributed by atoms with Crippen molar-refractivity contribution < 1.29 is 37.4 Å². The van der Waals surface area contributed by atoms with Crippen LogP contribution in [0, 0.1) is 0 Å². The zero-order chi connectivity index (χ0) is 24.2. The van der Waals surface area contributed by atoms with Crippen molar-refractivity contribution >= 4 is 15.6 Å². The van der Waals surface area contributed by atoms with Crippen molar-refractivity contribution in [2.24, 2.45) is 0 Å². The Labute approximate surface area is 190 Å². The van der Waals surface area contributed by atoms with Crippen molar-refractivity contribution in [3.63, 3.8) is 0 Å². The van der Waals surface area contributed by atoms with E-state index in [1.54, 1.807) is 24.3 Å². The molecule has 0 bridgehead atoms. The number of hydrogen-bond donors (Lipinski definition) is 2. The van der Waals surface area contributed by atoms with E-state index in [1.165, 1.54) is 16.7 Å². The molecular formula is C22H33O8P2-. The van der Waals surface area contributed by atoms with E-state index in [0.717, 1.165) is 25.7 Å². The van der Waals surface area contributed by atoms with E-state index in [-0.39, 0.29) is 0 Å². The van der Waals surface area contributed by atoms with Crippen LogP contribution in [-0.2, 0) is 24.6 Å². The predicted molar refractivity (Wildman–Crippen MR) is 123 cm³/mol. The first-order valence-corrected chi connectivity index (χ1v) is 13.2. The van der Waals surface area contributed by atoms with Gasteiger partial charge in [-0.25, -0.2) is 8.88 Å². The number of rotatable bonds is 14. The lowest BCUT2D eigenvalue weighted by molar-refractivity contribution is -0.212. The van der Waals surface area contributed by atoms with Crippen LogP contribution in [0.3, 0.4) is 0 Å². The van der Waals surface area contributed by atoms with Gasteiger partial charge in [-0.05, 0) is 65.5 Å². The van der Waals surface area contributed by atoms with E-state index in [1.807, 2.05) is 13.0 Å². The summed E-state index contributed by atoms with van der Waals surface area (Å²) >= 11 is 0. The average molecular weight is 487 g/mol. The van der Waals surface area contributed by atoms with Gasteiger partial charge in [-0.1, -0.05) is 47.1 Å². The van der Waals surface area contributed by atoms with Crippen molar-refractivity contribution in [3.05, 3.63) is 64.8 Å². The number of phosphoric acid groups is 2. The fourth-order valence-corrected chi connectivity index (χ4v) is 4.18. The molecule has 8 nitrogen and oxygen atoms in total. The molecule has 32 heavy (non-hydrogen) atoms. The Kier molecular flexibility index (Phi) is 12.4. The average Bonchev–Trinajstić information content (AvgIpc) is 2.67. The van der Waals surface area contributed by atoms with Crippen LogP contribution in [0.15, 0.2) is 59.2 Å². The minimum atomic E-state index is -5.41. The Morgan fingerprint density at radius 3 is 2.19 bits per heavy atom. The van der Waals surface area contributed by atoms with Crippen LogP contribution in [0.25, 0.3) is 0 Å². The van der Waals surface area contributed by atoms with Crippen LogP contribution in [0.5, 0.6) is 5.75 Å². The summed E-state index contributed by atoms with van der Waals surface area (Å²) in [5.74, 6) is 0.418. The molecule has 1 aromatic carbocycles. The molecule has 0 radical (unpaired) electrons. The highest BCUT2D eigenvalue weighted by atomic mass is 31.3. The molecule has 180 valence electrons. The van der Waals surface area contributed by atoms with Crippen LogP contribution in [0.2, 0.25) is 0 Å². The molecule has 0 fully saturated rings. The van der Waals surface area contributed by atoms with Crippen LogP contribution in [0.1, 0.15) is 58.9 Å². The van der Waals surface area contributed by atoms with E-state index in [0.29, 0.717) is 17.9 Å². The normalized spacial score (nSPS) is 16.2. The van der Waals surface area contributed by atoms with Crippen molar-refractivity contribution in [2.75, 3.05) is 6.61 Å². The molecule has 0 saturated heterocycles. The van der Waals surface area contributed by atoms with Crippen LogP contribution in [0.4, 0.5) is 0 Å². The lowest BCUT2D eigenvalue weighted by Gasteiger charge is -2.19. The van der Waals surface area contributed by atoms with E-state index in [9.17, 15) is 18.9 Å². The fourth-order valence-electron chi connectivity index (χ4n) is 2.64. The second kappa shape index (κ2) is 13.9. The van der Waals surface area contributed by atoms with E-state index in [2.05, 4.69) is 41.8 Å². The summed E-state index contributed by atoms with van der Waals surface area (Å²) in [5.41, 5.74) is 4.29. The third kappa shape index (κ3) is 13.8. The SMILES string of the molecule is CC(C)=CCC/C=C(\C)CC/C(C)=C/COc1ccccc1COP(=O)(O)OP(=O)([O-])O. The number of benzene rings is 1. The molecule has 2 N–H and O–H groups in total. The van der Waals surface area contributed by atoms with Crippen molar-refractivity contribution in [3.8, 4) is 5.75 Å². The van der Waals surface area contributed by atoms with E-state index < -0.39 is 22.3 Å². The summed E-state index contributed by atoms with van der Waals surface area (Å²) in [7, 11) is -10.4. The number of para-hydroxylation sites is 1. The molecule has 0 saturated carbocycles. The van der Waals surface area contributed by atoms with Gasteiger partial charge in [0.1, 0.15) is 12.4 Å². The molecule has 0 aliphatic rings. The molecule has 1 aromatic rings. The van der Waals surface area contributed by atoms with Gasteiger partial charge in [0.15, 0.2) is 0 Å². The van der Waals surface area contributed by atoms with Gasteiger partial charge in [-0.15, -0.1) is 0 Å². The van der Waals surface area contributed by atoms with Crippen molar-refractivity contribution in [1.82, 2.24) is 0 Å². The topological polar surface area (TPSA) is 125 Å². The smallest absolute Gasteiger partial charge is 0.479 e. The van der Waals surface area contributed by atoms with E-state index in [4.69, 9.17) is 9.63 Å². The highest BCUT2D eigenvalue weighted by Gasteiger charge is 2.27. The number of phosphoric ester groups is 1. The Hall–Kier alpha value is -1.50. The highest BCUT2D eigenvalue weighted by molar-refractivity contribution is 7.60. The minimum absolute atomic E-state index is 0.297. The third-order valence-electron chi connectivity index (χ3n) is 4.36. The summed E-state index contributed by atoms with van der Waals surface area (Å²) in [6.07, 6.45) is 10.5. The summed E-state index contributed by atoms with van der Waals surface area (Å²) in [6, 6.07) is 6.67. The number of ether oxygens (including phenoxy) is 1. The number of unbranched alkanes of at least 4 members (excludes halogenated alkanes) is 1. The standard InChI is InChI=1S/C22H34O8P2/c1-18(2)9-5-6-10-19(3)13-14-20(4)15-16-28-22-12-8-7-11-21(22)17-29-32(26,27)30-31(23,24)25/h7-12,15H,5-6,13-14,16-17H2,1-4H3,(H,26,27)(H2,23,24,25)/p-1/b19-10+,20-15+. The molecule has 0 amide bonds. The maximum atomic E-state index is 11.6. The number of hydrogen-bond acceptors (Lipinski definition) is 6.